The van der Waals surface area contributed by atoms with E-state index in [0.29, 0.717) is 24.0 Å². The molecule has 0 spiro atoms. The van der Waals surface area contributed by atoms with Gasteiger partial charge in [0.15, 0.2) is 5.96 Å². The van der Waals surface area contributed by atoms with E-state index in [9.17, 15) is 0 Å². The zero-order chi connectivity index (χ0) is 20.8. The molecule has 2 fully saturated rings. The highest BCUT2D eigenvalue weighted by atomic mass is 127. The zero-order valence-electron chi connectivity index (χ0n) is 19.2. The Morgan fingerprint density at radius 2 is 1.80 bits per heavy atom. The average Bonchev–Trinajstić information content (AvgIpc) is 3.10. The Labute approximate surface area is 199 Å². The maximum atomic E-state index is 5.58. The molecule has 0 aliphatic carbocycles. The molecule has 7 heteroatoms. The van der Waals surface area contributed by atoms with Gasteiger partial charge >= 0.3 is 0 Å². The first-order valence-corrected chi connectivity index (χ1v) is 11.1. The molecule has 0 aromatic heterocycles. The largest absolute Gasteiger partial charge is 0.379 e. The third-order valence-electron chi connectivity index (χ3n) is 6.33. The number of likely N-dealkylation sites (tertiary alicyclic amines) is 1. The lowest BCUT2D eigenvalue weighted by Gasteiger charge is -2.35. The van der Waals surface area contributed by atoms with Crippen LogP contribution in [0.5, 0.6) is 0 Å². The van der Waals surface area contributed by atoms with E-state index in [1.54, 1.807) is 0 Å². The van der Waals surface area contributed by atoms with Crippen LogP contribution in [-0.4, -0.2) is 80.8 Å². The average molecular weight is 530 g/mol. The summed E-state index contributed by atoms with van der Waals surface area (Å²) in [7, 11) is 1.87. The van der Waals surface area contributed by atoms with Crippen LogP contribution in [0.4, 0.5) is 0 Å². The lowest BCUT2D eigenvalue weighted by Crippen LogP contribution is -2.50. The molecule has 0 saturated carbocycles. The molecule has 170 valence electrons. The Morgan fingerprint density at radius 1 is 1.13 bits per heavy atom. The van der Waals surface area contributed by atoms with E-state index < -0.39 is 0 Å². The van der Waals surface area contributed by atoms with Gasteiger partial charge in [-0.15, -0.1) is 24.0 Å². The van der Waals surface area contributed by atoms with Crippen LogP contribution in [0, 0.1) is 12.8 Å². The predicted octanol–water partition coefficient (Wildman–Crippen LogP) is 2.88. The molecule has 3 rings (SSSR count). The van der Waals surface area contributed by atoms with Crippen molar-refractivity contribution in [1.82, 2.24) is 20.4 Å². The summed E-state index contributed by atoms with van der Waals surface area (Å²) in [5.41, 5.74) is 2.64. The molecule has 0 amide bonds. The second kappa shape index (κ2) is 12.2. The minimum Gasteiger partial charge on any atom is -0.379 e. The molecule has 3 atom stereocenters. The van der Waals surface area contributed by atoms with Gasteiger partial charge in [0.25, 0.3) is 0 Å². The number of ether oxygens (including phenoxy) is 1. The van der Waals surface area contributed by atoms with E-state index >= 15 is 0 Å². The summed E-state index contributed by atoms with van der Waals surface area (Å²) in [5.74, 6) is 1.51. The molecule has 0 radical (unpaired) electrons. The summed E-state index contributed by atoms with van der Waals surface area (Å²) in [4.78, 5) is 9.57. The van der Waals surface area contributed by atoms with Gasteiger partial charge in [0.05, 0.1) is 19.3 Å². The van der Waals surface area contributed by atoms with E-state index in [1.165, 1.54) is 11.1 Å². The molecule has 2 N–H and O–H groups in total. The highest BCUT2D eigenvalue weighted by molar-refractivity contribution is 14.0. The van der Waals surface area contributed by atoms with Crippen LogP contribution in [0.1, 0.15) is 37.9 Å². The van der Waals surface area contributed by atoms with Crippen LogP contribution in [0.2, 0.25) is 0 Å². The number of halogens is 1. The minimum atomic E-state index is 0. The lowest BCUT2D eigenvalue weighted by atomic mass is 10.0. The number of aryl methyl sites for hydroxylation is 1. The fourth-order valence-electron chi connectivity index (χ4n) is 4.31. The van der Waals surface area contributed by atoms with Crippen molar-refractivity contribution in [1.29, 1.82) is 0 Å². The zero-order valence-corrected chi connectivity index (χ0v) is 21.6. The van der Waals surface area contributed by atoms with Gasteiger partial charge in [-0.2, -0.15) is 0 Å². The number of hydrogen-bond acceptors (Lipinski definition) is 4. The van der Waals surface area contributed by atoms with Crippen LogP contribution in [0.3, 0.4) is 0 Å². The first-order valence-electron chi connectivity index (χ1n) is 11.1. The molecular formula is C23H40IN5O. The number of aliphatic imine (C=N–C) groups is 1. The molecule has 2 aliphatic rings. The van der Waals surface area contributed by atoms with Gasteiger partial charge in [0, 0.05) is 51.9 Å². The number of morpholine rings is 1. The molecule has 1 aromatic rings. The van der Waals surface area contributed by atoms with E-state index in [2.05, 4.69) is 77.4 Å². The van der Waals surface area contributed by atoms with Gasteiger partial charge in [-0.3, -0.25) is 14.8 Å². The second-order valence-electron chi connectivity index (χ2n) is 8.80. The summed E-state index contributed by atoms with van der Waals surface area (Å²) in [5, 5.41) is 7.28. The highest BCUT2D eigenvalue weighted by Gasteiger charge is 2.31. The van der Waals surface area contributed by atoms with Gasteiger partial charge in [-0.25, -0.2) is 0 Å². The Kier molecular flexibility index (Phi) is 10.3. The Morgan fingerprint density at radius 3 is 2.37 bits per heavy atom. The van der Waals surface area contributed by atoms with Crippen molar-refractivity contribution in [2.45, 2.75) is 45.8 Å². The van der Waals surface area contributed by atoms with Crippen molar-refractivity contribution in [2.75, 3.05) is 53.0 Å². The number of rotatable bonds is 6. The number of nitrogens with zero attached hydrogens (tertiary/aromatic N) is 3. The standard InChI is InChI=1S/C23H39N5O.HI/c1-17(2)28-15-19(4)21(16-28)26-23(24-5)25-14-22(27-10-12-29-13-11-27)20-8-6-18(3)7-9-20;/h6-9,17,19,21-22H,10-16H2,1-5H3,(H2,24,25,26);1H. The van der Waals surface area contributed by atoms with Crippen molar-refractivity contribution >= 4 is 29.9 Å². The van der Waals surface area contributed by atoms with Gasteiger partial charge < -0.3 is 15.4 Å². The first kappa shape index (κ1) is 25.4. The molecule has 3 unspecified atom stereocenters. The van der Waals surface area contributed by atoms with Gasteiger partial charge in [0.1, 0.15) is 0 Å². The molecule has 1 aromatic carbocycles. The smallest absolute Gasteiger partial charge is 0.191 e. The molecule has 2 aliphatic heterocycles. The summed E-state index contributed by atoms with van der Waals surface area (Å²) < 4.78 is 5.58. The van der Waals surface area contributed by atoms with E-state index in [1.807, 2.05) is 7.05 Å². The number of guanidine groups is 1. The van der Waals surface area contributed by atoms with Crippen molar-refractivity contribution in [3.8, 4) is 0 Å². The van der Waals surface area contributed by atoms with Crippen molar-refractivity contribution in [3.05, 3.63) is 35.4 Å². The summed E-state index contributed by atoms with van der Waals surface area (Å²) in [6.07, 6.45) is 0. The topological polar surface area (TPSA) is 52.1 Å². The Bertz CT molecular complexity index is 660. The Hall–Kier alpha value is -0.900. The fraction of sp³-hybridized carbons (Fsp3) is 0.696. The normalized spacial score (nSPS) is 24.5. The third-order valence-corrected chi connectivity index (χ3v) is 6.33. The minimum absolute atomic E-state index is 0. The number of nitrogens with one attached hydrogen (secondary N) is 2. The summed E-state index contributed by atoms with van der Waals surface area (Å²) in [6.45, 7) is 15.6. The van der Waals surface area contributed by atoms with Gasteiger partial charge in [-0.05, 0) is 32.3 Å². The highest BCUT2D eigenvalue weighted by Crippen LogP contribution is 2.22. The molecule has 0 bridgehead atoms. The van der Waals surface area contributed by atoms with E-state index in [4.69, 9.17) is 4.74 Å². The molecule has 2 heterocycles. The van der Waals surface area contributed by atoms with Crippen LogP contribution < -0.4 is 10.6 Å². The van der Waals surface area contributed by atoms with Crippen LogP contribution in [0.15, 0.2) is 29.3 Å². The lowest BCUT2D eigenvalue weighted by molar-refractivity contribution is 0.0170. The van der Waals surface area contributed by atoms with E-state index in [-0.39, 0.29) is 24.0 Å². The monoisotopic (exact) mass is 529 g/mol. The van der Waals surface area contributed by atoms with Crippen LogP contribution in [-0.2, 0) is 4.74 Å². The molecule has 30 heavy (non-hydrogen) atoms. The Balaban J connectivity index is 0.00000320. The summed E-state index contributed by atoms with van der Waals surface area (Å²) in [6, 6.07) is 10.3. The molecule has 6 nitrogen and oxygen atoms in total. The quantitative estimate of drug-likeness (QED) is 0.337. The van der Waals surface area contributed by atoms with E-state index in [0.717, 1.165) is 51.9 Å². The van der Waals surface area contributed by atoms with Crippen molar-refractivity contribution < 1.29 is 4.74 Å². The predicted molar refractivity (Wildman–Crippen MR) is 136 cm³/mol. The van der Waals surface area contributed by atoms with Gasteiger partial charge in [0.2, 0.25) is 0 Å². The van der Waals surface area contributed by atoms with Crippen LogP contribution >= 0.6 is 24.0 Å². The SMILES string of the molecule is CN=C(NCC(c1ccc(C)cc1)N1CCOCC1)NC1CN(C(C)C)CC1C.I. The maximum Gasteiger partial charge on any atom is 0.191 e. The van der Waals surface area contributed by atoms with Crippen molar-refractivity contribution in [3.63, 3.8) is 0 Å². The van der Waals surface area contributed by atoms with Gasteiger partial charge in [-0.1, -0.05) is 36.8 Å². The second-order valence-corrected chi connectivity index (χ2v) is 8.80. The number of hydrogen-bond donors (Lipinski definition) is 2. The molecular weight excluding hydrogens is 489 g/mol. The first-order chi connectivity index (χ1) is 14.0. The fourth-order valence-corrected chi connectivity index (χ4v) is 4.31. The third kappa shape index (κ3) is 6.80. The summed E-state index contributed by atoms with van der Waals surface area (Å²) >= 11 is 0. The van der Waals surface area contributed by atoms with Crippen molar-refractivity contribution in [2.24, 2.45) is 10.9 Å². The number of benzene rings is 1. The maximum absolute atomic E-state index is 5.58. The van der Waals surface area contributed by atoms with Crippen LogP contribution in [0.25, 0.3) is 0 Å². The molecule has 2 saturated heterocycles.